The lowest BCUT2D eigenvalue weighted by molar-refractivity contribution is -0.107. The predicted molar refractivity (Wildman–Crippen MR) is 43.5 cm³/mol. The molecule has 0 bridgehead atoms. The molecule has 0 N–H and O–H groups in total. The van der Waals surface area contributed by atoms with Crippen LogP contribution in [0, 0.1) is 5.82 Å². The standard InChI is InChI=1S/C9H8FNO/c10-8-2-1-7-3-4-11(6-12)9(7)5-8/h1-2,5-6H,3-4H2. The number of rotatable bonds is 1. The Hall–Kier alpha value is -1.38. The molecule has 1 aromatic rings. The van der Waals surface area contributed by atoms with Crippen LogP contribution < -0.4 is 4.90 Å². The number of halogens is 1. The molecule has 0 fully saturated rings. The maximum atomic E-state index is 12.7. The van der Waals surface area contributed by atoms with E-state index < -0.39 is 0 Å². The number of hydrogen-bond acceptors (Lipinski definition) is 1. The van der Waals surface area contributed by atoms with Crippen LogP contribution in [0.4, 0.5) is 10.1 Å². The minimum absolute atomic E-state index is 0.289. The summed E-state index contributed by atoms with van der Waals surface area (Å²) >= 11 is 0. The van der Waals surface area contributed by atoms with E-state index in [0.29, 0.717) is 12.2 Å². The van der Waals surface area contributed by atoms with Crippen molar-refractivity contribution in [3.05, 3.63) is 29.6 Å². The summed E-state index contributed by atoms with van der Waals surface area (Å²) < 4.78 is 12.7. The summed E-state index contributed by atoms with van der Waals surface area (Å²) in [7, 11) is 0. The van der Waals surface area contributed by atoms with Gasteiger partial charge in [-0.2, -0.15) is 0 Å². The fourth-order valence-corrected chi connectivity index (χ4v) is 1.49. The summed E-state index contributed by atoms with van der Waals surface area (Å²) in [6.07, 6.45) is 1.57. The Morgan fingerprint density at radius 2 is 2.33 bits per heavy atom. The van der Waals surface area contributed by atoms with Gasteiger partial charge in [-0.05, 0) is 24.1 Å². The number of amides is 1. The lowest BCUT2D eigenvalue weighted by atomic mass is 10.2. The number of fused-ring (bicyclic) bond motifs is 1. The van der Waals surface area contributed by atoms with E-state index in [-0.39, 0.29) is 5.82 Å². The normalized spacial score (nSPS) is 14.6. The monoisotopic (exact) mass is 165 g/mol. The van der Waals surface area contributed by atoms with E-state index in [1.165, 1.54) is 17.0 Å². The first-order valence-electron chi connectivity index (χ1n) is 3.81. The first-order chi connectivity index (χ1) is 5.81. The van der Waals surface area contributed by atoms with Gasteiger partial charge >= 0.3 is 0 Å². The Labute approximate surface area is 69.6 Å². The molecular weight excluding hydrogens is 157 g/mol. The van der Waals surface area contributed by atoms with E-state index in [1.54, 1.807) is 6.07 Å². The average molecular weight is 165 g/mol. The second-order valence-corrected chi connectivity index (χ2v) is 2.82. The molecule has 1 aliphatic rings. The topological polar surface area (TPSA) is 20.3 Å². The van der Waals surface area contributed by atoms with E-state index >= 15 is 0 Å². The van der Waals surface area contributed by atoms with Crippen molar-refractivity contribution in [2.45, 2.75) is 6.42 Å². The molecular formula is C9H8FNO. The van der Waals surface area contributed by atoms with Crippen molar-refractivity contribution >= 4 is 12.1 Å². The summed E-state index contributed by atoms with van der Waals surface area (Å²) in [5.74, 6) is -0.289. The first kappa shape index (κ1) is 7.28. The van der Waals surface area contributed by atoms with Crippen LogP contribution in [-0.4, -0.2) is 13.0 Å². The molecule has 1 aromatic carbocycles. The fourth-order valence-electron chi connectivity index (χ4n) is 1.49. The molecule has 1 heterocycles. The Balaban J connectivity index is 2.49. The van der Waals surface area contributed by atoms with Gasteiger partial charge in [0.05, 0.1) is 0 Å². The van der Waals surface area contributed by atoms with Crippen LogP contribution in [0.2, 0.25) is 0 Å². The molecule has 0 radical (unpaired) electrons. The highest BCUT2D eigenvalue weighted by molar-refractivity contribution is 5.79. The molecule has 0 aliphatic carbocycles. The van der Waals surface area contributed by atoms with Gasteiger partial charge in [-0.1, -0.05) is 6.07 Å². The number of carbonyl (C=O) groups excluding carboxylic acids is 1. The third-order valence-electron chi connectivity index (χ3n) is 2.11. The van der Waals surface area contributed by atoms with Gasteiger partial charge in [-0.3, -0.25) is 4.79 Å². The molecule has 2 rings (SSSR count). The zero-order valence-corrected chi connectivity index (χ0v) is 6.46. The molecule has 0 saturated heterocycles. The predicted octanol–water partition coefficient (Wildman–Crippen LogP) is 1.34. The molecule has 0 spiro atoms. The Bertz CT molecular complexity index is 324. The molecule has 0 atom stereocenters. The Kier molecular flexibility index (Phi) is 1.57. The van der Waals surface area contributed by atoms with Crippen molar-refractivity contribution in [1.29, 1.82) is 0 Å². The van der Waals surface area contributed by atoms with Crippen molar-refractivity contribution in [1.82, 2.24) is 0 Å². The van der Waals surface area contributed by atoms with Crippen LogP contribution in [-0.2, 0) is 11.2 Å². The third kappa shape index (κ3) is 0.978. The molecule has 0 aromatic heterocycles. The van der Waals surface area contributed by atoms with E-state index in [9.17, 15) is 9.18 Å². The van der Waals surface area contributed by atoms with Crippen molar-refractivity contribution < 1.29 is 9.18 Å². The summed E-state index contributed by atoms with van der Waals surface area (Å²) in [5.41, 5.74) is 1.76. The van der Waals surface area contributed by atoms with Gasteiger partial charge in [-0.25, -0.2) is 4.39 Å². The Morgan fingerprint density at radius 1 is 1.50 bits per heavy atom. The van der Waals surface area contributed by atoms with Crippen LogP contribution >= 0.6 is 0 Å². The summed E-state index contributed by atoms with van der Waals surface area (Å²) in [5, 5.41) is 0. The number of anilines is 1. The van der Waals surface area contributed by atoms with Crippen LogP contribution in [0.25, 0.3) is 0 Å². The zero-order valence-electron chi connectivity index (χ0n) is 6.46. The highest BCUT2D eigenvalue weighted by Crippen LogP contribution is 2.26. The van der Waals surface area contributed by atoms with E-state index in [4.69, 9.17) is 0 Å². The van der Waals surface area contributed by atoms with Gasteiger partial charge in [0, 0.05) is 12.2 Å². The molecule has 1 aliphatic heterocycles. The number of carbonyl (C=O) groups is 1. The highest BCUT2D eigenvalue weighted by atomic mass is 19.1. The minimum Gasteiger partial charge on any atom is -0.314 e. The SMILES string of the molecule is O=CN1CCc2ccc(F)cc21. The summed E-state index contributed by atoms with van der Waals surface area (Å²) in [4.78, 5) is 12.0. The largest absolute Gasteiger partial charge is 0.314 e. The fraction of sp³-hybridized carbons (Fsp3) is 0.222. The minimum atomic E-state index is -0.289. The molecule has 0 saturated carbocycles. The van der Waals surface area contributed by atoms with Crippen molar-refractivity contribution in [3.8, 4) is 0 Å². The van der Waals surface area contributed by atoms with Crippen LogP contribution in [0.5, 0.6) is 0 Å². The molecule has 1 amide bonds. The van der Waals surface area contributed by atoms with Crippen molar-refractivity contribution in [2.75, 3.05) is 11.4 Å². The van der Waals surface area contributed by atoms with Gasteiger partial charge in [0.1, 0.15) is 5.82 Å². The van der Waals surface area contributed by atoms with Crippen LogP contribution in [0.1, 0.15) is 5.56 Å². The second-order valence-electron chi connectivity index (χ2n) is 2.82. The van der Waals surface area contributed by atoms with Gasteiger partial charge in [0.2, 0.25) is 6.41 Å². The van der Waals surface area contributed by atoms with Crippen LogP contribution in [0.15, 0.2) is 18.2 Å². The lowest BCUT2D eigenvalue weighted by Gasteiger charge is -2.08. The highest BCUT2D eigenvalue weighted by Gasteiger charge is 2.18. The van der Waals surface area contributed by atoms with Gasteiger partial charge in [0.25, 0.3) is 0 Å². The van der Waals surface area contributed by atoms with Crippen molar-refractivity contribution in [2.24, 2.45) is 0 Å². The maximum absolute atomic E-state index is 12.7. The zero-order chi connectivity index (χ0) is 8.55. The average Bonchev–Trinajstić information content (AvgIpc) is 2.46. The van der Waals surface area contributed by atoms with Gasteiger partial charge < -0.3 is 4.90 Å². The van der Waals surface area contributed by atoms with Gasteiger partial charge in [-0.15, -0.1) is 0 Å². The number of benzene rings is 1. The van der Waals surface area contributed by atoms with E-state index in [2.05, 4.69) is 0 Å². The van der Waals surface area contributed by atoms with E-state index in [0.717, 1.165) is 18.4 Å². The molecule has 0 unspecified atom stereocenters. The maximum Gasteiger partial charge on any atom is 0.214 e. The Morgan fingerprint density at radius 3 is 3.08 bits per heavy atom. The molecule has 12 heavy (non-hydrogen) atoms. The molecule has 62 valence electrons. The molecule has 3 heteroatoms. The first-order valence-corrected chi connectivity index (χ1v) is 3.81. The van der Waals surface area contributed by atoms with E-state index in [1.807, 2.05) is 0 Å². The number of hydrogen-bond donors (Lipinski definition) is 0. The lowest BCUT2D eigenvalue weighted by Crippen LogP contribution is -2.17. The van der Waals surface area contributed by atoms with Crippen LogP contribution in [0.3, 0.4) is 0 Å². The second kappa shape index (κ2) is 2.59. The third-order valence-corrected chi connectivity index (χ3v) is 2.11. The van der Waals surface area contributed by atoms with Gasteiger partial charge in [0.15, 0.2) is 0 Å². The van der Waals surface area contributed by atoms with Crippen molar-refractivity contribution in [3.63, 3.8) is 0 Å². The molecule has 2 nitrogen and oxygen atoms in total. The quantitative estimate of drug-likeness (QED) is 0.575. The summed E-state index contributed by atoms with van der Waals surface area (Å²) in [6, 6.07) is 4.55. The smallest absolute Gasteiger partial charge is 0.214 e. The summed E-state index contributed by atoms with van der Waals surface area (Å²) in [6.45, 7) is 0.669. The number of nitrogens with zero attached hydrogens (tertiary/aromatic N) is 1.